The van der Waals surface area contributed by atoms with Crippen LogP contribution >= 0.6 is 0 Å². The van der Waals surface area contributed by atoms with Gasteiger partial charge in [-0.3, -0.25) is 14.7 Å². The highest BCUT2D eigenvalue weighted by Crippen LogP contribution is 2.26. The highest BCUT2D eigenvalue weighted by molar-refractivity contribution is 5.79. The molecule has 4 rings (SSSR count). The number of pyridine rings is 1. The molecule has 2 aliphatic rings. The van der Waals surface area contributed by atoms with E-state index in [4.69, 9.17) is 0 Å². The fourth-order valence-corrected chi connectivity index (χ4v) is 3.45. The van der Waals surface area contributed by atoms with Gasteiger partial charge in [0.25, 0.3) is 0 Å². The minimum absolute atomic E-state index is 0.219. The topological polar surface area (TPSA) is 45.2 Å². The number of nitrogens with zero attached hydrogens (tertiary/aromatic N) is 2. The second-order valence-electron chi connectivity index (χ2n) is 5.86. The van der Waals surface area contributed by atoms with E-state index in [9.17, 15) is 4.79 Å². The predicted octanol–water partition coefficient (Wildman–Crippen LogP) is 1.56. The number of nitrogens with one attached hydrogen (secondary N) is 1. The van der Waals surface area contributed by atoms with E-state index in [1.807, 2.05) is 12.3 Å². The van der Waals surface area contributed by atoms with Gasteiger partial charge in [-0.1, -0.05) is 12.1 Å². The molecule has 0 bridgehead atoms. The van der Waals surface area contributed by atoms with E-state index in [-0.39, 0.29) is 5.91 Å². The van der Waals surface area contributed by atoms with Crippen molar-refractivity contribution in [2.75, 3.05) is 13.1 Å². The molecule has 3 heterocycles. The number of benzene rings is 1. The summed E-state index contributed by atoms with van der Waals surface area (Å²) in [6.45, 7) is 2.95. The molecule has 4 nitrogen and oxygen atoms in total. The van der Waals surface area contributed by atoms with Gasteiger partial charge in [0.1, 0.15) is 0 Å². The molecule has 0 radical (unpaired) electrons. The standard InChI is InChI=1S/C16H17N3O/c20-16-7-13-9-19(10-15(13)18-16)8-11-3-4-14-12(6-11)2-1-5-17-14/h1-6,13,15H,7-10H2,(H,18,20)/t13-,15+/m0/s1. The number of fused-ring (bicyclic) bond motifs is 2. The minimum Gasteiger partial charge on any atom is -0.352 e. The maximum atomic E-state index is 11.3. The predicted molar refractivity (Wildman–Crippen MR) is 77.1 cm³/mol. The number of carbonyl (C=O) groups is 1. The zero-order valence-electron chi connectivity index (χ0n) is 11.2. The number of likely N-dealkylation sites (tertiary alicyclic amines) is 1. The van der Waals surface area contributed by atoms with Crippen LogP contribution in [0.15, 0.2) is 36.5 Å². The Bertz CT molecular complexity index is 654. The molecular weight excluding hydrogens is 250 g/mol. The number of carbonyl (C=O) groups excluding carboxylic acids is 1. The summed E-state index contributed by atoms with van der Waals surface area (Å²) in [5.74, 6) is 0.723. The third-order valence-corrected chi connectivity index (χ3v) is 4.38. The number of amides is 1. The second kappa shape index (κ2) is 4.56. The van der Waals surface area contributed by atoms with Gasteiger partial charge >= 0.3 is 0 Å². The van der Waals surface area contributed by atoms with Crippen molar-refractivity contribution in [1.29, 1.82) is 0 Å². The molecule has 102 valence electrons. The van der Waals surface area contributed by atoms with Gasteiger partial charge in [-0.2, -0.15) is 0 Å². The molecule has 1 amide bonds. The first kappa shape index (κ1) is 11.9. The summed E-state index contributed by atoms with van der Waals surface area (Å²) < 4.78 is 0. The second-order valence-corrected chi connectivity index (χ2v) is 5.86. The zero-order chi connectivity index (χ0) is 13.5. The van der Waals surface area contributed by atoms with Crippen LogP contribution in [0.2, 0.25) is 0 Å². The average Bonchev–Trinajstić information content (AvgIpc) is 2.95. The zero-order valence-corrected chi connectivity index (χ0v) is 11.2. The van der Waals surface area contributed by atoms with Crippen LogP contribution in [0.4, 0.5) is 0 Å². The van der Waals surface area contributed by atoms with Crippen molar-refractivity contribution in [2.45, 2.75) is 19.0 Å². The first-order valence-corrected chi connectivity index (χ1v) is 7.13. The fourth-order valence-electron chi connectivity index (χ4n) is 3.45. The normalized spacial score (nSPS) is 25.9. The van der Waals surface area contributed by atoms with Crippen molar-refractivity contribution in [1.82, 2.24) is 15.2 Å². The van der Waals surface area contributed by atoms with Crippen LogP contribution in [-0.2, 0) is 11.3 Å². The molecule has 2 fully saturated rings. The summed E-state index contributed by atoms with van der Waals surface area (Å²) in [6, 6.07) is 10.9. The smallest absolute Gasteiger partial charge is 0.220 e. The minimum atomic E-state index is 0.219. The average molecular weight is 267 g/mol. The summed E-state index contributed by atoms with van der Waals surface area (Å²) in [7, 11) is 0. The molecule has 2 atom stereocenters. The molecule has 20 heavy (non-hydrogen) atoms. The highest BCUT2D eigenvalue weighted by atomic mass is 16.2. The molecule has 2 aromatic rings. The quantitative estimate of drug-likeness (QED) is 0.898. The van der Waals surface area contributed by atoms with Crippen molar-refractivity contribution in [3.05, 3.63) is 42.1 Å². The molecule has 0 aliphatic carbocycles. The Labute approximate surface area is 117 Å². The Morgan fingerprint density at radius 2 is 2.25 bits per heavy atom. The fraction of sp³-hybridized carbons (Fsp3) is 0.375. The van der Waals surface area contributed by atoms with Gasteiger partial charge in [0.05, 0.1) is 5.52 Å². The number of rotatable bonds is 2. The molecule has 1 aromatic heterocycles. The van der Waals surface area contributed by atoms with Crippen LogP contribution in [0.3, 0.4) is 0 Å². The van der Waals surface area contributed by atoms with Crippen LogP contribution < -0.4 is 5.32 Å². The largest absolute Gasteiger partial charge is 0.352 e. The Balaban J connectivity index is 1.50. The summed E-state index contributed by atoms with van der Waals surface area (Å²) >= 11 is 0. The lowest BCUT2D eigenvalue weighted by atomic mass is 10.1. The van der Waals surface area contributed by atoms with E-state index in [1.165, 1.54) is 10.9 Å². The molecule has 0 unspecified atom stereocenters. The van der Waals surface area contributed by atoms with Gasteiger partial charge in [-0.15, -0.1) is 0 Å². The number of hydrogen-bond acceptors (Lipinski definition) is 3. The van der Waals surface area contributed by atoms with Crippen LogP contribution in [0, 0.1) is 5.92 Å². The van der Waals surface area contributed by atoms with Crippen LogP contribution in [0.25, 0.3) is 10.9 Å². The monoisotopic (exact) mass is 267 g/mol. The Kier molecular flexibility index (Phi) is 2.70. The van der Waals surface area contributed by atoms with E-state index in [0.29, 0.717) is 18.4 Å². The lowest BCUT2D eigenvalue weighted by molar-refractivity contribution is -0.119. The first-order chi connectivity index (χ1) is 9.78. The van der Waals surface area contributed by atoms with Gasteiger partial charge in [0.2, 0.25) is 5.91 Å². The molecule has 0 spiro atoms. The Morgan fingerprint density at radius 1 is 1.30 bits per heavy atom. The van der Waals surface area contributed by atoms with Gasteiger partial charge in [-0.25, -0.2) is 0 Å². The Morgan fingerprint density at radius 3 is 3.15 bits per heavy atom. The van der Waals surface area contributed by atoms with Gasteiger partial charge in [-0.05, 0) is 23.8 Å². The molecule has 2 aliphatic heterocycles. The van der Waals surface area contributed by atoms with Crippen molar-refractivity contribution in [2.24, 2.45) is 5.92 Å². The third kappa shape index (κ3) is 2.06. The summed E-state index contributed by atoms with van der Waals surface area (Å²) in [6.07, 6.45) is 2.52. The molecule has 2 saturated heterocycles. The lowest BCUT2D eigenvalue weighted by Gasteiger charge is -2.17. The van der Waals surface area contributed by atoms with Gasteiger partial charge in [0.15, 0.2) is 0 Å². The number of hydrogen-bond donors (Lipinski definition) is 1. The third-order valence-electron chi connectivity index (χ3n) is 4.38. The lowest BCUT2D eigenvalue weighted by Crippen LogP contribution is -2.32. The van der Waals surface area contributed by atoms with Crippen LogP contribution in [-0.4, -0.2) is 34.9 Å². The molecular formula is C16H17N3O. The van der Waals surface area contributed by atoms with Crippen molar-refractivity contribution in [3.8, 4) is 0 Å². The maximum absolute atomic E-state index is 11.3. The van der Waals surface area contributed by atoms with E-state index >= 15 is 0 Å². The highest BCUT2D eigenvalue weighted by Gasteiger charge is 2.39. The summed E-state index contributed by atoms with van der Waals surface area (Å²) in [4.78, 5) is 18.1. The SMILES string of the molecule is O=C1C[C@H]2CN(Cc3ccc4ncccc4c3)C[C@H]2N1. The van der Waals surface area contributed by atoms with Crippen molar-refractivity contribution < 1.29 is 4.79 Å². The Hall–Kier alpha value is -1.94. The van der Waals surface area contributed by atoms with E-state index in [1.54, 1.807) is 0 Å². The van der Waals surface area contributed by atoms with Crippen LogP contribution in [0.5, 0.6) is 0 Å². The van der Waals surface area contributed by atoms with Crippen molar-refractivity contribution in [3.63, 3.8) is 0 Å². The maximum Gasteiger partial charge on any atom is 0.220 e. The molecule has 1 aromatic carbocycles. The summed E-state index contributed by atoms with van der Waals surface area (Å²) in [5.41, 5.74) is 2.36. The first-order valence-electron chi connectivity index (χ1n) is 7.13. The molecule has 0 saturated carbocycles. The van der Waals surface area contributed by atoms with Gasteiger partial charge in [0, 0.05) is 49.6 Å². The van der Waals surface area contributed by atoms with Crippen LogP contribution in [0.1, 0.15) is 12.0 Å². The molecule has 1 N–H and O–H groups in total. The number of aromatic nitrogens is 1. The van der Waals surface area contributed by atoms with Gasteiger partial charge < -0.3 is 5.32 Å². The van der Waals surface area contributed by atoms with Crippen molar-refractivity contribution >= 4 is 16.8 Å². The molecule has 4 heteroatoms. The summed E-state index contributed by atoms with van der Waals surface area (Å²) in [5, 5.41) is 4.26. The van der Waals surface area contributed by atoms with E-state index < -0.39 is 0 Å². The van der Waals surface area contributed by atoms with E-state index in [2.05, 4.69) is 39.5 Å². The van der Waals surface area contributed by atoms with E-state index in [0.717, 1.165) is 25.2 Å².